The molecular weight excluding hydrogens is 445 g/mol. The Balaban J connectivity index is 1.91. The SMILES string of the molecule is CS(=O)(=O)c1ccc(-c2oc3ccccc3c(=O)c2-c2ccc(OC(F)(F)F)cc2)cc1. The first-order valence-corrected chi connectivity index (χ1v) is 11.1. The van der Waals surface area contributed by atoms with Crippen LogP contribution in [0.15, 0.2) is 86.9 Å². The highest BCUT2D eigenvalue weighted by atomic mass is 32.2. The Kier molecular flexibility index (Phi) is 5.29. The van der Waals surface area contributed by atoms with Crippen LogP contribution < -0.4 is 10.2 Å². The first-order chi connectivity index (χ1) is 15.0. The summed E-state index contributed by atoms with van der Waals surface area (Å²) in [6, 6.07) is 17.2. The van der Waals surface area contributed by atoms with Gasteiger partial charge in [-0.15, -0.1) is 13.2 Å². The van der Waals surface area contributed by atoms with Gasteiger partial charge in [0.2, 0.25) is 5.43 Å². The second-order valence-electron chi connectivity index (χ2n) is 7.00. The molecule has 32 heavy (non-hydrogen) atoms. The Morgan fingerprint density at radius 2 is 1.44 bits per heavy atom. The van der Waals surface area contributed by atoms with Crippen LogP contribution in [0.4, 0.5) is 13.2 Å². The molecule has 0 radical (unpaired) electrons. The molecule has 0 atom stereocenters. The van der Waals surface area contributed by atoms with Crippen LogP contribution in [0.2, 0.25) is 0 Å². The summed E-state index contributed by atoms with van der Waals surface area (Å²) in [7, 11) is -3.42. The van der Waals surface area contributed by atoms with Crippen molar-refractivity contribution < 1.29 is 30.7 Å². The fraction of sp³-hybridized carbons (Fsp3) is 0.0870. The minimum atomic E-state index is -4.84. The molecular formula is C23H15F3O5S. The van der Waals surface area contributed by atoms with Gasteiger partial charge in [-0.2, -0.15) is 0 Å². The number of benzene rings is 3. The van der Waals surface area contributed by atoms with Crippen molar-refractivity contribution >= 4 is 20.8 Å². The summed E-state index contributed by atoms with van der Waals surface area (Å²) in [5.74, 6) is -0.260. The van der Waals surface area contributed by atoms with Gasteiger partial charge in [0.1, 0.15) is 17.1 Å². The highest BCUT2D eigenvalue weighted by Gasteiger charge is 2.31. The van der Waals surface area contributed by atoms with Crippen molar-refractivity contribution in [3.05, 3.63) is 83.0 Å². The molecule has 0 aliphatic rings. The lowest BCUT2D eigenvalue weighted by Crippen LogP contribution is -2.17. The zero-order valence-electron chi connectivity index (χ0n) is 16.5. The van der Waals surface area contributed by atoms with Crippen LogP contribution in [-0.4, -0.2) is 21.0 Å². The highest BCUT2D eigenvalue weighted by molar-refractivity contribution is 7.90. The Morgan fingerprint density at radius 1 is 0.844 bits per heavy atom. The predicted octanol–water partition coefficient (Wildman–Crippen LogP) is 5.43. The second kappa shape index (κ2) is 7.83. The fourth-order valence-corrected chi connectivity index (χ4v) is 3.91. The quantitative estimate of drug-likeness (QED) is 0.406. The molecule has 4 aromatic rings. The van der Waals surface area contributed by atoms with Crippen molar-refractivity contribution in [1.29, 1.82) is 0 Å². The number of sulfone groups is 1. The fourth-order valence-electron chi connectivity index (χ4n) is 3.28. The summed E-state index contributed by atoms with van der Waals surface area (Å²) in [5.41, 5.74) is 0.834. The van der Waals surface area contributed by atoms with Crippen molar-refractivity contribution in [2.75, 3.05) is 6.26 Å². The monoisotopic (exact) mass is 460 g/mol. The zero-order chi connectivity index (χ0) is 23.1. The van der Waals surface area contributed by atoms with Gasteiger partial charge in [0.05, 0.1) is 15.8 Å². The average molecular weight is 460 g/mol. The number of alkyl halides is 3. The maximum Gasteiger partial charge on any atom is 0.573 e. The molecule has 0 unspecified atom stereocenters. The smallest absolute Gasteiger partial charge is 0.455 e. The predicted molar refractivity (Wildman–Crippen MR) is 113 cm³/mol. The maximum atomic E-state index is 13.3. The normalized spacial score (nSPS) is 12.1. The number of fused-ring (bicyclic) bond motifs is 1. The second-order valence-corrected chi connectivity index (χ2v) is 9.02. The van der Waals surface area contributed by atoms with Gasteiger partial charge in [-0.1, -0.05) is 24.3 Å². The van der Waals surface area contributed by atoms with E-state index in [-0.39, 0.29) is 21.6 Å². The van der Waals surface area contributed by atoms with Crippen LogP contribution in [0.5, 0.6) is 5.75 Å². The molecule has 0 aliphatic heterocycles. The molecule has 0 bridgehead atoms. The van der Waals surface area contributed by atoms with Crippen molar-refractivity contribution in [2.45, 2.75) is 11.3 Å². The molecule has 5 nitrogen and oxygen atoms in total. The van der Waals surface area contributed by atoms with Crippen LogP contribution in [0.1, 0.15) is 0 Å². The molecule has 164 valence electrons. The van der Waals surface area contributed by atoms with Gasteiger partial charge in [-0.25, -0.2) is 8.42 Å². The molecule has 0 fully saturated rings. The lowest BCUT2D eigenvalue weighted by Gasteiger charge is -2.12. The lowest BCUT2D eigenvalue weighted by atomic mass is 9.98. The van der Waals surface area contributed by atoms with Gasteiger partial charge in [0.15, 0.2) is 9.84 Å². The number of rotatable bonds is 4. The zero-order valence-corrected chi connectivity index (χ0v) is 17.3. The van der Waals surface area contributed by atoms with Gasteiger partial charge in [0.25, 0.3) is 0 Å². The molecule has 0 aliphatic carbocycles. The number of ether oxygens (including phenoxy) is 1. The van der Waals surface area contributed by atoms with E-state index in [1.807, 2.05) is 0 Å². The summed E-state index contributed by atoms with van der Waals surface area (Å²) >= 11 is 0. The summed E-state index contributed by atoms with van der Waals surface area (Å²) in [5, 5.41) is 0.301. The third kappa shape index (κ3) is 4.38. The molecule has 0 saturated heterocycles. The van der Waals surface area contributed by atoms with E-state index in [1.165, 1.54) is 36.4 Å². The average Bonchev–Trinajstić information content (AvgIpc) is 2.73. The van der Waals surface area contributed by atoms with Crippen molar-refractivity contribution in [1.82, 2.24) is 0 Å². The summed E-state index contributed by atoms with van der Waals surface area (Å²) in [6.45, 7) is 0. The van der Waals surface area contributed by atoms with E-state index in [1.54, 1.807) is 24.3 Å². The maximum absolute atomic E-state index is 13.3. The summed E-state index contributed by atoms with van der Waals surface area (Å²) in [6.07, 6.45) is -3.76. The Labute approximate surface area is 180 Å². The molecule has 0 amide bonds. The number of hydrogen-bond acceptors (Lipinski definition) is 5. The van der Waals surface area contributed by atoms with Crippen molar-refractivity contribution in [3.63, 3.8) is 0 Å². The first kappa shape index (κ1) is 21.6. The molecule has 0 saturated carbocycles. The molecule has 3 aromatic carbocycles. The number of hydrogen-bond donors (Lipinski definition) is 0. The summed E-state index contributed by atoms with van der Waals surface area (Å²) in [4.78, 5) is 13.4. The van der Waals surface area contributed by atoms with E-state index in [0.717, 1.165) is 18.4 Å². The standard InChI is InChI=1S/C23H15F3O5S/c1-32(28,29)17-12-8-15(9-13-17)22-20(21(27)18-4-2-3-5-19(18)30-22)14-6-10-16(11-7-14)31-23(24,25)26/h2-13H,1H3. The van der Waals surface area contributed by atoms with E-state index in [0.29, 0.717) is 22.1 Å². The number of halogens is 3. The molecule has 0 N–H and O–H groups in total. The van der Waals surface area contributed by atoms with Crippen molar-refractivity contribution in [3.8, 4) is 28.2 Å². The summed E-state index contributed by atoms with van der Waals surface area (Å²) < 4.78 is 70.8. The van der Waals surface area contributed by atoms with Crippen LogP contribution in [0.25, 0.3) is 33.4 Å². The minimum Gasteiger partial charge on any atom is -0.455 e. The third-order valence-corrected chi connectivity index (χ3v) is 5.85. The molecule has 4 rings (SSSR count). The van der Waals surface area contributed by atoms with Crippen molar-refractivity contribution in [2.24, 2.45) is 0 Å². The number of para-hydroxylation sites is 1. The minimum absolute atomic E-state index is 0.0968. The molecule has 0 spiro atoms. The first-order valence-electron chi connectivity index (χ1n) is 9.25. The molecule has 1 heterocycles. The van der Waals surface area contributed by atoms with Gasteiger partial charge in [-0.05, 0) is 54.1 Å². The van der Waals surface area contributed by atoms with Crippen LogP contribution in [0.3, 0.4) is 0 Å². The van der Waals surface area contributed by atoms with Gasteiger partial charge in [0, 0.05) is 11.8 Å². The highest BCUT2D eigenvalue weighted by Crippen LogP contribution is 2.34. The molecule has 1 aromatic heterocycles. The van der Waals surface area contributed by atoms with E-state index in [4.69, 9.17) is 4.42 Å². The van der Waals surface area contributed by atoms with Crippen LogP contribution in [0, 0.1) is 0 Å². The largest absolute Gasteiger partial charge is 0.573 e. The molecule has 9 heteroatoms. The van der Waals surface area contributed by atoms with Gasteiger partial charge >= 0.3 is 6.36 Å². The Bertz CT molecular complexity index is 1450. The van der Waals surface area contributed by atoms with Crippen LogP contribution >= 0.6 is 0 Å². The van der Waals surface area contributed by atoms with E-state index < -0.39 is 21.9 Å². The van der Waals surface area contributed by atoms with E-state index in [2.05, 4.69) is 4.74 Å². The Morgan fingerprint density at radius 3 is 2.03 bits per heavy atom. The third-order valence-electron chi connectivity index (χ3n) is 4.72. The van der Waals surface area contributed by atoms with Gasteiger partial charge in [-0.3, -0.25) is 4.79 Å². The lowest BCUT2D eigenvalue weighted by molar-refractivity contribution is -0.274. The van der Waals surface area contributed by atoms with Gasteiger partial charge < -0.3 is 9.15 Å². The topological polar surface area (TPSA) is 73.6 Å². The Hall–Kier alpha value is -3.59. The van der Waals surface area contributed by atoms with Crippen LogP contribution in [-0.2, 0) is 9.84 Å². The van der Waals surface area contributed by atoms with E-state index in [9.17, 15) is 26.4 Å². The van der Waals surface area contributed by atoms with E-state index >= 15 is 0 Å².